The summed E-state index contributed by atoms with van der Waals surface area (Å²) in [5.74, 6) is -13.7. The second-order valence-corrected chi connectivity index (χ2v) is 19.0. The van der Waals surface area contributed by atoms with Crippen LogP contribution in [0, 0.1) is 0 Å². The summed E-state index contributed by atoms with van der Waals surface area (Å²) in [6, 6.07) is 9.13. The predicted octanol–water partition coefficient (Wildman–Crippen LogP) is -1.12. The Morgan fingerprint density at radius 3 is 0.989 bits per heavy atom. The number of rotatable bonds is 13. The molecule has 0 spiro atoms. The largest absolute Gasteiger partial charge is 0.504 e. The number of amides is 8. The van der Waals surface area contributed by atoms with Crippen molar-refractivity contribution in [2.45, 2.75) is 0 Å². The number of nitrogens with one attached hydrogen (secondary N) is 8. The monoisotopic (exact) mass is 1320 g/mol. The lowest BCUT2D eigenvalue weighted by molar-refractivity contribution is 0.0511. The molecule has 486 valence electrons. The first-order valence-corrected chi connectivity index (χ1v) is 26.8. The Balaban J connectivity index is 0.00000660. The molecule has 8 bridgehead atoms. The highest BCUT2D eigenvalue weighted by Gasteiger charge is 2.27. The van der Waals surface area contributed by atoms with Gasteiger partial charge in [0.1, 0.15) is 0 Å². The molecule has 0 fully saturated rings. The quantitative estimate of drug-likeness (QED) is 0.0557. The first-order valence-electron chi connectivity index (χ1n) is 26.8. The minimum Gasteiger partial charge on any atom is -0.504 e. The summed E-state index contributed by atoms with van der Waals surface area (Å²) in [6.45, 7) is 1.22. The zero-order valence-electron chi connectivity index (χ0n) is 47.4. The third-order valence-electron chi connectivity index (χ3n) is 13.5. The zero-order chi connectivity index (χ0) is 60.9. The van der Waals surface area contributed by atoms with Crippen molar-refractivity contribution in [2.24, 2.45) is 5.73 Å². The highest BCUT2D eigenvalue weighted by Crippen LogP contribution is 2.36. The number of benzene rings is 4. The summed E-state index contributed by atoms with van der Waals surface area (Å²) in [6.07, 6.45) is 0. The van der Waals surface area contributed by atoms with Crippen LogP contribution in [0.3, 0.4) is 0 Å². The van der Waals surface area contributed by atoms with Crippen LogP contribution < -0.4 is 48.3 Å². The van der Waals surface area contributed by atoms with E-state index in [0.717, 1.165) is 48.5 Å². The van der Waals surface area contributed by atoms with Gasteiger partial charge in [-0.1, -0.05) is 0 Å². The normalized spacial score (nSPS) is 16.8. The fourth-order valence-corrected chi connectivity index (χ4v) is 8.77. The average Bonchev–Trinajstić information content (AvgIpc) is 1.81. The Labute approximate surface area is 529 Å². The number of phenolic OH excluding ortho intramolecular Hbond substituents is 8. The Morgan fingerprint density at radius 2 is 0.670 bits per heavy atom. The lowest BCUT2D eigenvalue weighted by atomic mass is 10.1. The molecule has 88 heavy (non-hydrogen) atoms. The molecule has 8 amide bonds. The number of phenols is 8. The van der Waals surface area contributed by atoms with E-state index < -0.39 is 93.3 Å². The molecular weight excluding hydrogens is 1250 g/mol. The molecule has 34 heteroatoms. The lowest BCUT2D eigenvalue weighted by Gasteiger charge is -2.28. The van der Waals surface area contributed by atoms with Crippen LogP contribution in [0.1, 0.15) is 82.9 Å². The fourth-order valence-electron chi connectivity index (χ4n) is 8.77. The molecule has 0 atom stereocenters. The second-order valence-electron chi connectivity index (χ2n) is 19.0. The van der Waals surface area contributed by atoms with Crippen LogP contribution in [0.5, 0.6) is 46.0 Å². The van der Waals surface area contributed by atoms with Gasteiger partial charge in [0.2, 0.25) is 0 Å². The van der Waals surface area contributed by atoms with Gasteiger partial charge in [-0.15, -0.1) is 49.6 Å². The van der Waals surface area contributed by atoms with Gasteiger partial charge in [0.25, 0.3) is 47.3 Å². The molecule has 4 aromatic rings. The minimum atomic E-state index is -0.899. The topological polar surface area (TPSA) is 449 Å². The summed E-state index contributed by atoms with van der Waals surface area (Å²) < 4.78 is 10.6. The first-order chi connectivity index (χ1) is 40.3. The number of carbonyl (C=O) groups is 8. The van der Waals surface area contributed by atoms with Crippen molar-refractivity contribution in [3.8, 4) is 46.0 Å². The maximum absolute atomic E-state index is 13.5. The number of aromatic hydroxyl groups is 8. The van der Waals surface area contributed by atoms with Gasteiger partial charge in [-0.3, -0.25) is 53.1 Å². The predicted molar refractivity (Wildman–Crippen MR) is 327 cm³/mol. The molecule has 0 saturated heterocycles. The number of halogens is 4. The van der Waals surface area contributed by atoms with Crippen LogP contribution in [0.4, 0.5) is 0 Å². The Kier molecular flexibility index (Phi) is 32.5. The van der Waals surface area contributed by atoms with E-state index in [9.17, 15) is 79.2 Å². The maximum atomic E-state index is 13.5. The smallest absolute Gasteiger partial charge is 0.255 e. The summed E-state index contributed by atoms with van der Waals surface area (Å²) in [5, 5.41) is 108. The number of hydrogen-bond acceptors (Lipinski definition) is 22. The van der Waals surface area contributed by atoms with E-state index in [4.69, 9.17) is 15.2 Å². The van der Waals surface area contributed by atoms with Crippen molar-refractivity contribution < 1.29 is 88.7 Å². The fraction of sp³-hybridized carbons (Fsp3) is 0.407. The molecular formula is C54H74Cl4N12O18. The van der Waals surface area contributed by atoms with E-state index in [1.54, 1.807) is 14.7 Å². The van der Waals surface area contributed by atoms with E-state index in [1.165, 1.54) is 0 Å². The van der Waals surface area contributed by atoms with E-state index in [1.807, 2.05) is 0 Å². The molecule has 4 aromatic carbocycles. The Hall–Kier alpha value is -8.04. The summed E-state index contributed by atoms with van der Waals surface area (Å²) in [4.78, 5) is 112. The van der Waals surface area contributed by atoms with Gasteiger partial charge in [-0.2, -0.15) is 0 Å². The van der Waals surface area contributed by atoms with Crippen molar-refractivity contribution in [3.63, 3.8) is 0 Å². The molecule has 0 aromatic heterocycles. The van der Waals surface area contributed by atoms with Gasteiger partial charge in [0, 0.05) is 118 Å². The number of nitrogens with two attached hydrogens (primary N) is 1. The molecule has 10 heterocycles. The van der Waals surface area contributed by atoms with E-state index in [2.05, 4.69) is 42.5 Å². The molecule has 14 rings (SSSR count). The molecule has 10 aliphatic heterocycles. The minimum absolute atomic E-state index is 0. The van der Waals surface area contributed by atoms with Crippen molar-refractivity contribution in [2.75, 3.05) is 144 Å². The van der Waals surface area contributed by atoms with Crippen LogP contribution in [-0.4, -0.2) is 247 Å². The second kappa shape index (κ2) is 37.6. The number of carbonyl (C=O) groups excluding carboxylic acids is 8. The number of ether oxygens (including phenoxy) is 2. The summed E-state index contributed by atoms with van der Waals surface area (Å²) in [7, 11) is 0. The molecule has 0 unspecified atom stereocenters. The van der Waals surface area contributed by atoms with E-state index >= 15 is 0 Å². The summed E-state index contributed by atoms with van der Waals surface area (Å²) >= 11 is 0. The van der Waals surface area contributed by atoms with Crippen LogP contribution in [0.25, 0.3) is 0 Å². The van der Waals surface area contributed by atoms with Crippen molar-refractivity contribution in [1.29, 1.82) is 0 Å². The lowest BCUT2D eigenvalue weighted by Crippen LogP contribution is -2.45. The van der Waals surface area contributed by atoms with Crippen LogP contribution in [0.2, 0.25) is 0 Å². The number of hydrogen-bond donors (Lipinski definition) is 17. The SMILES string of the molecule is Cl.Cl.Cl.Cl.NCCOCCOCCNC(=O)c1ccc(C(=O)NCCN2CCNC(=O)c3ccc(c(O)c3O)C(=O)NCCN3CCNC(=O)c4ccc(c(O)c4O)C(=O)NCCN(CCNC(=O)c4ccc(c(O)c4O)C(=O)NCC3)CC2)c(O)c1O. The van der Waals surface area contributed by atoms with Crippen LogP contribution in [-0.2, 0) is 9.47 Å². The molecule has 0 radical (unpaired) electrons. The van der Waals surface area contributed by atoms with Gasteiger partial charge < -0.3 is 98.6 Å². The molecule has 18 N–H and O–H groups in total. The highest BCUT2D eigenvalue weighted by atomic mass is 35.5. The standard InChI is InChI=1S/C54H70N12O18.4ClH/c55-9-27-83-29-30-84-28-17-63-54(82)38-8-7-37(45(73)46(38)74)53(81)62-16-24-66-23-15-61-52(80)36-6-3-33(41(69)44(36)72)49(77)58-12-20-64-18-10-56-47(75)31-1-4-34(42(70)39(31)67)50(78)59-13-21-65(25-26-66)22-14-60-51(79)35-5-2-32(40(68)43(35)71)48(76)57-11-19-64;;;;/h1-8,67-74H,9-30,55H2,(H,56,75)(H,57,76)(H,58,77)(H,59,78)(H,60,79)(H,61,80)(H,62,81)(H,63,82);4*1H. The van der Waals surface area contributed by atoms with Gasteiger partial charge in [-0.25, -0.2) is 0 Å². The van der Waals surface area contributed by atoms with E-state index in [-0.39, 0.29) is 219 Å². The third kappa shape index (κ3) is 20.8. The van der Waals surface area contributed by atoms with Gasteiger partial charge in [0.15, 0.2) is 46.0 Å². The van der Waals surface area contributed by atoms with Gasteiger partial charge in [-0.05, 0) is 48.5 Å². The zero-order valence-corrected chi connectivity index (χ0v) is 50.7. The molecule has 0 saturated carbocycles. The van der Waals surface area contributed by atoms with Gasteiger partial charge >= 0.3 is 0 Å². The highest BCUT2D eigenvalue weighted by molar-refractivity contribution is 6.06. The maximum Gasteiger partial charge on any atom is 0.255 e. The molecule has 0 aliphatic carbocycles. The van der Waals surface area contributed by atoms with Crippen molar-refractivity contribution in [1.82, 2.24) is 57.2 Å². The Morgan fingerprint density at radius 1 is 0.386 bits per heavy atom. The van der Waals surface area contributed by atoms with Crippen molar-refractivity contribution in [3.05, 3.63) is 93.0 Å². The average molecular weight is 1320 g/mol. The third-order valence-corrected chi connectivity index (χ3v) is 13.5. The molecule has 10 aliphatic rings. The van der Waals surface area contributed by atoms with Crippen molar-refractivity contribution >= 4 is 96.9 Å². The van der Waals surface area contributed by atoms with Crippen LogP contribution >= 0.6 is 49.6 Å². The number of nitrogens with zero attached hydrogens (tertiary/aromatic N) is 3. The first kappa shape index (κ1) is 76.1. The van der Waals surface area contributed by atoms with Gasteiger partial charge in [0.05, 0.1) is 70.9 Å². The Bertz CT molecular complexity index is 2980. The van der Waals surface area contributed by atoms with E-state index in [0.29, 0.717) is 19.8 Å². The van der Waals surface area contributed by atoms with Crippen LogP contribution in [0.15, 0.2) is 48.5 Å². The molecule has 30 nitrogen and oxygen atoms in total. The summed E-state index contributed by atoms with van der Waals surface area (Å²) in [5.41, 5.74) is 2.44.